The highest BCUT2D eigenvalue weighted by atomic mass is 35.5. The van der Waals surface area contributed by atoms with E-state index in [2.05, 4.69) is 20.9 Å². The minimum atomic E-state index is -4.64. The van der Waals surface area contributed by atoms with Crippen molar-refractivity contribution in [3.63, 3.8) is 0 Å². The van der Waals surface area contributed by atoms with Crippen LogP contribution in [0.15, 0.2) is 89.1 Å². The molecule has 1 atom stereocenters. The number of fused-ring (bicyclic) bond motifs is 1. The third-order valence-corrected chi connectivity index (χ3v) is 13.0. The number of unbranched alkanes of at least 4 members (excludes halogenated alkanes) is 4. The molecule has 3 aromatic carbocycles. The fourth-order valence-electron chi connectivity index (χ4n) is 7.96. The summed E-state index contributed by atoms with van der Waals surface area (Å²) in [4.78, 5) is 61.3. The van der Waals surface area contributed by atoms with Gasteiger partial charge in [-0.3, -0.25) is 14.4 Å². The van der Waals surface area contributed by atoms with Gasteiger partial charge in [0.2, 0.25) is 5.91 Å². The Labute approximate surface area is 519 Å². The molecule has 0 saturated heterocycles. The van der Waals surface area contributed by atoms with Gasteiger partial charge in [0.1, 0.15) is 38.8 Å². The molecule has 1 aliphatic heterocycles. The smallest absolute Gasteiger partial charge is 0.442 e. The number of hydrogen-bond donors (Lipinski definition) is 3. The number of esters is 2. The van der Waals surface area contributed by atoms with Gasteiger partial charge in [-0.15, -0.1) is 21.8 Å². The molecule has 4 rings (SSSR count). The first-order valence-corrected chi connectivity index (χ1v) is 30.7. The van der Waals surface area contributed by atoms with Gasteiger partial charge in [0.25, 0.3) is 0 Å². The van der Waals surface area contributed by atoms with Crippen LogP contribution >= 0.6 is 11.6 Å². The van der Waals surface area contributed by atoms with E-state index in [-0.39, 0.29) is 95.7 Å². The van der Waals surface area contributed by atoms with Crippen LogP contribution in [0, 0.1) is 0 Å². The summed E-state index contributed by atoms with van der Waals surface area (Å²) in [5, 5.41) is 24.1. The quantitative estimate of drug-likeness (QED) is 0.0156. The molecular weight excluding hydrogens is 1180 g/mol. The van der Waals surface area contributed by atoms with Gasteiger partial charge in [0.05, 0.1) is 65.6 Å². The number of amides is 3. The summed E-state index contributed by atoms with van der Waals surface area (Å²) in [7, 11) is 0. The Morgan fingerprint density at radius 2 is 1.20 bits per heavy atom. The van der Waals surface area contributed by atoms with Crippen LogP contribution in [-0.2, 0) is 74.0 Å². The van der Waals surface area contributed by atoms with Crippen LogP contribution in [0.2, 0.25) is 0 Å². The van der Waals surface area contributed by atoms with Gasteiger partial charge in [-0.25, -0.2) is 9.59 Å². The molecule has 26 heteroatoms. The summed E-state index contributed by atoms with van der Waals surface area (Å²) in [6, 6.07) is 19.2. The van der Waals surface area contributed by atoms with Crippen LogP contribution in [0.5, 0.6) is 5.75 Å². The molecule has 3 aromatic rings. The number of benzene rings is 3. The van der Waals surface area contributed by atoms with Crippen LogP contribution in [0.4, 0.5) is 22.8 Å². The largest absolute Gasteiger partial charge is 0.490 e. The van der Waals surface area contributed by atoms with Crippen LogP contribution < -0.4 is 15.4 Å². The zero-order valence-corrected chi connectivity index (χ0v) is 51.7. The Balaban J connectivity index is 0.000000474. The fourth-order valence-corrected chi connectivity index (χ4v) is 8.15. The molecule has 0 bridgehead atoms. The lowest BCUT2D eigenvalue weighted by atomic mass is 10.0. The number of nitrogens with one attached hydrogen (secondary N) is 2. The van der Waals surface area contributed by atoms with Gasteiger partial charge in [0.15, 0.2) is 0 Å². The van der Waals surface area contributed by atoms with E-state index in [1.165, 1.54) is 29.2 Å². The molecule has 3 amide bonds. The van der Waals surface area contributed by atoms with Crippen LogP contribution in [-0.4, -0.2) is 190 Å². The SMILES string of the molecule is CCCC(=O)OC/C=C/COC(=O)NCCOCCOCCOC(=O)CCCOCCOCCCCCCCl.CCOCCOCCOC(=O)NCCN(Cc1ccc(C2(C(F)(F)F)N=N2)cc1)C(=O)CCCC[C@H](O)COc1cccc2ccccc12. The molecule has 0 aromatic heterocycles. The molecule has 494 valence electrons. The molecule has 0 saturated carbocycles. The summed E-state index contributed by atoms with van der Waals surface area (Å²) >= 11 is 5.63. The van der Waals surface area contributed by atoms with Crippen molar-refractivity contribution in [2.75, 3.05) is 138 Å². The Kier molecular flexibility index (Phi) is 41.3. The van der Waals surface area contributed by atoms with Crippen molar-refractivity contribution in [1.29, 1.82) is 0 Å². The predicted molar refractivity (Wildman–Crippen MR) is 322 cm³/mol. The summed E-state index contributed by atoms with van der Waals surface area (Å²) in [6.07, 6.45) is 4.69. The van der Waals surface area contributed by atoms with Crippen molar-refractivity contribution in [2.45, 2.75) is 115 Å². The average Bonchev–Trinajstić information content (AvgIpc) is 1.75. The first kappa shape index (κ1) is 76.1. The molecule has 0 aliphatic carbocycles. The van der Waals surface area contributed by atoms with Crippen molar-refractivity contribution in [3.05, 3.63) is 90.0 Å². The van der Waals surface area contributed by atoms with Gasteiger partial charge in [0, 0.05) is 82.1 Å². The lowest BCUT2D eigenvalue weighted by Crippen LogP contribution is -2.38. The van der Waals surface area contributed by atoms with Crippen molar-refractivity contribution in [2.24, 2.45) is 10.2 Å². The van der Waals surface area contributed by atoms with E-state index in [1.54, 1.807) is 12.2 Å². The third kappa shape index (κ3) is 35.1. The summed E-state index contributed by atoms with van der Waals surface area (Å²) in [5.41, 5.74) is -2.02. The second-order valence-electron chi connectivity index (χ2n) is 19.7. The van der Waals surface area contributed by atoms with Crippen LogP contribution in [0.1, 0.15) is 102 Å². The molecule has 1 heterocycles. The Morgan fingerprint density at radius 1 is 0.614 bits per heavy atom. The zero-order valence-electron chi connectivity index (χ0n) is 51.0. The number of halogens is 4. The Morgan fingerprint density at radius 3 is 1.89 bits per heavy atom. The van der Waals surface area contributed by atoms with Gasteiger partial charge < -0.3 is 72.7 Å². The lowest BCUT2D eigenvalue weighted by Gasteiger charge is -2.24. The number of rotatable bonds is 49. The second kappa shape index (κ2) is 47.8. The van der Waals surface area contributed by atoms with E-state index in [0.717, 1.165) is 55.4 Å². The first-order valence-electron chi connectivity index (χ1n) is 30.2. The normalized spacial score (nSPS) is 12.7. The van der Waals surface area contributed by atoms with Gasteiger partial charge in [-0.2, -0.15) is 13.2 Å². The van der Waals surface area contributed by atoms with Gasteiger partial charge in [-0.05, 0) is 74.6 Å². The lowest BCUT2D eigenvalue weighted by molar-refractivity contribution is -0.166. The number of carbonyl (C=O) groups excluding carboxylic acids is 5. The number of carbonyl (C=O) groups is 5. The molecule has 0 unspecified atom stereocenters. The van der Waals surface area contributed by atoms with E-state index in [4.69, 9.17) is 63.7 Å². The highest BCUT2D eigenvalue weighted by Gasteiger charge is 2.65. The molecule has 88 heavy (non-hydrogen) atoms. The second-order valence-corrected chi connectivity index (χ2v) is 20.1. The standard InChI is InChI=1S/C35H43F3N4O7.C27H48ClNO10/c1-2-46-20-21-47-22-23-48-33(45)39-18-19-42(24-26-14-16-28(17-15-26)34(40-41-34)35(36,37)38)32(44)13-6-4-10-29(43)25-49-31-12-7-9-27-8-3-5-11-30(27)31;1-2-10-25(30)37-16-7-8-17-39-27(32)29-13-18-35-21-22-36-23-24-38-26(31)11-9-15-34-20-19-33-14-6-4-3-5-12-28/h3,5,7-9,11-12,14-17,29,43H,2,4,6,10,13,18-25H2,1H3,(H,39,45);7-8H,2-6,9-24H2,1H3,(H,29,32)/b;8-7+/t29-;/m0./s1. The molecule has 0 spiro atoms. The van der Waals surface area contributed by atoms with Crippen molar-refractivity contribution in [3.8, 4) is 5.75 Å². The summed E-state index contributed by atoms with van der Waals surface area (Å²) < 4.78 is 98.3. The maximum atomic E-state index is 13.4. The summed E-state index contributed by atoms with van der Waals surface area (Å²) in [6.45, 7) is 10.2. The van der Waals surface area contributed by atoms with Crippen molar-refractivity contribution in [1.82, 2.24) is 15.5 Å². The molecule has 1 aliphatic rings. The maximum Gasteiger partial charge on any atom is 0.442 e. The monoisotopic (exact) mass is 1270 g/mol. The van der Waals surface area contributed by atoms with Crippen molar-refractivity contribution < 1.29 is 94.4 Å². The third-order valence-electron chi connectivity index (χ3n) is 12.7. The highest BCUT2D eigenvalue weighted by Crippen LogP contribution is 2.52. The van der Waals surface area contributed by atoms with E-state index in [0.29, 0.717) is 116 Å². The highest BCUT2D eigenvalue weighted by molar-refractivity contribution is 6.17. The number of aliphatic hydroxyl groups is 1. The zero-order chi connectivity index (χ0) is 63.8. The number of aliphatic hydroxyl groups excluding tert-OH is 1. The average molecular weight is 1270 g/mol. The molecule has 0 radical (unpaired) electrons. The fraction of sp³-hybridized carbons (Fsp3) is 0.629. The Hall–Kier alpha value is -6.19. The van der Waals surface area contributed by atoms with Crippen molar-refractivity contribution >= 4 is 52.4 Å². The van der Waals surface area contributed by atoms with Crippen LogP contribution in [0.25, 0.3) is 10.8 Å². The van der Waals surface area contributed by atoms with E-state index < -0.39 is 30.1 Å². The van der Waals surface area contributed by atoms with Gasteiger partial charge in [-0.1, -0.05) is 86.8 Å². The minimum absolute atomic E-state index is 0.0454. The predicted octanol–water partition coefficient (Wildman–Crippen LogP) is 9.93. The molecule has 22 nitrogen and oxygen atoms in total. The number of alkyl carbamates (subject to hydrolysis) is 2. The number of alkyl halides is 4. The summed E-state index contributed by atoms with van der Waals surface area (Å²) in [5.74, 6) is 0.671. The number of hydrogen-bond acceptors (Lipinski definition) is 19. The van der Waals surface area contributed by atoms with E-state index in [1.807, 2.05) is 56.3 Å². The number of nitrogens with zero attached hydrogens (tertiary/aromatic N) is 3. The molecular formula is C62H91ClF3N5O17. The van der Waals surface area contributed by atoms with Crippen LogP contribution in [0.3, 0.4) is 0 Å². The molecule has 3 N–H and O–H groups in total. The number of ether oxygens (including phenoxy) is 11. The van der Waals surface area contributed by atoms with E-state index >= 15 is 0 Å². The Bertz CT molecular complexity index is 2430. The topological polar surface area (TPSA) is 259 Å². The van der Waals surface area contributed by atoms with E-state index in [9.17, 15) is 42.3 Å². The minimum Gasteiger partial charge on any atom is -0.490 e. The van der Waals surface area contributed by atoms with Gasteiger partial charge >= 0.3 is 36.0 Å². The maximum absolute atomic E-state index is 13.4. The first-order chi connectivity index (χ1) is 42.7. The molecule has 0 fully saturated rings.